The van der Waals surface area contributed by atoms with Gasteiger partial charge in [0.2, 0.25) is 0 Å². The van der Waals surface area contributed by atoms with Crippen molar-refractivity contribution >= 4 is 0 Å². The Morgan fingerprint density at radius 1 is 1.70 bits per heavy atom. The molecule has 58 valence electrons. The Morgan fingerprint density at radius 2 is 2.50 bits per heavy atom. The van der Waals surface area contributed by atoms with E-state index in [1.54, 1.807) is 0 Å². The molecule has 0 aromatic heterocycles. The first kappa shape index (κ1) is 6.62. The first-order chi connectivity index (χ1) is 4.74. The smallest absolute Gasteiger partial charge is 0.0807 e. The van der Waals surface area contributed by atoms with Crippen LogP contribution in [0.2, 0.25) is 0 Å². The van der Waals surface area contributed by atoms with Crippen molar-refractivity contribution in [3.63, 3.8) is 0 Å². The lowest BCUT2D eigenvalue weighted by atomic mass is 10.1. The monoisotopic (exact) mass is 141 g/mol. The van der Waals surface area contributed by atoms with E-state index in [1.807, 2.05) is 0 Å². The third-order valence-electron chi connectivity index (χ3n) is 2.94. The summed E-state index contributed by atoms with van der Waals surface area (Å²) in [5, 5.41) is 9.71. The van der Waals surface area contributed by atoms with E-state index in [0.717, 1.165) is 19.5 Å². The molecule has 2 fully saturated rings. The Labute approximate surface area is 61.8 Å². The molecule has 2 heteroatoms. The highest BCUT2D eigenvalue weighted by Crippen LogP contribution is 2.48. The van der Waals surface area contributed by atoms with Crippen LogP contribution in [0.3, 0.4) is 0 Å². The minimum Gasteiger partial charge on any atom is -0.388 e. The summed E-state index contributed by atoms with van der Waals surface area (Å²) in [5.41, 5.74) is -0.256. The lowest BCUT2D eigenvalue weighted by Gasteiger charge is -2.28. The summed E-state index contributed by atoms with van der Waals surface area (Å²) in [6, 6.07) is 0. The summed E-state index contributed by atoms with van der Waals surface area (Å²) >= 11 is 0. The molecule has 2 atom stereocenters. The molecule has 0 bridgehead atoms. The molecule has 2 nitrogen and oxygen atoms in total. The van der Waals surface area contributed by atoms with Gasteiger partial charge in [-0.3, -0.25) is 0 Å². The number of β-amino-alcohol motifs (C(OH)–C–C–N with tert-alkyl or cyclic N) is 1. The minimum atomic E-state index is -0.256. The Bertz CT molecular complexity index is 148. The zero-order valence-corrected chi connectivity index (χ0v) is 6.51. The summed E-state index contributed by atoms with van der Waals surface area (Å²) in [5.74, 6) is 0.648. The molecule has 1 heterocycles. The second-order valence-electron chi connectivity index (χ2n) is 3.66. The normalized spacial score (nSPS) is 46.8. The fourth-order valence-corrected chi connectivity index (χ4v) is 2.01. The number of aliphatic hydroxyl groups is 1. The second kappa shape index (κ2) is 1.95. The zero-order chi connectivity index (χ0) is 7.19. The lowest BCUT2D eigenvalue weighted by Crippen LogP contribution is -2.39. The van der Waals surface area contributed by atoms with Crippen molar-refractivity contribution < 1.29 is 5.11 Å². The van der Waals surface area contributed by atoms with Crippen LogP contribution in [0.1, 0.15) is 19.8 Å². The molecule has 1 N–H and O–H groups in total. The Kier molecular flexibility index (Phi) is 1.29. The average molecular weight is 141 g/mol. The molecule has 0 aromatic carbocycles. The van der Waals surface area contributed by atoms with E-state index < -0.39 is 0 Å². The molecule has 0 amide bonds. The summed E-state index contributed by atoms with van der Waals surface area (Å²) < 4.78 is 0. The summed E-state index contributed by atoms with van der Waals surface area (Å²) in [6.45, 7) is 5.37. The number of likely N-dealkylation sites (tertiary alicyclic amines) is 1. The van der Waals surface area contributed by atoms with Crippen LogP contribution in [0.5, 0.6) is 0 Å². The zero-order valence-electron chi connectivity index (χ0n) is 6.51. The van der Waals surface area contributed by atoms with Gasteiger partial charge in [-0.25, -0.2) is 0 Å². The Morgan fingerprint density at radius 3 is 3.10 bits per heavy atom. The number of rotatable bonds is 1. The van der Waals surface area contributed by atoms with Gasteiger partial charge < -0.3 is 10.0 Å². The Balaban J connectivity index is 1.96. The van der Waals surface area contributed by atoms with Gasteiger partial charge in [0.15, 0.2) is 0 Å². The largest absolute Gasteiger partial charge is 0.388 e. The molecule has 1 saturated heterocycles. The van der Waals surface area contributed by atoms with Crippen LogP contribution in [-0.2, 0) is 0 Å². The maximum absolute atomic E-state index is 9.71. The molecule has 0 unspecified atom stereocenters. The van der Waals surface area contributed by atoms with Gasteiger partial charge in [-0.15, -0.1) is 0 Å². The fourth-order valence-electron chi connectivity index (χ4n) is 2.01. The number of hydrogen-bond acceptors (Lipinski definition) is 2. The van der Waals surface area contributed by atoms with Crippen molar-refractivity contribution in [2.75, 3.05) is 19.6 Å². The summed E-state index contributed by atoms with van der Waals surface area (Å²) in [4.78, 5) is 2.34. The van der Waals surface area contributed by atoms with Gasteiger partial charge >= 0.3 is 0 Å². The molecule has 1 saturated carbocycles. The quantitative estimate of drug-likeness (QED) is 0.573. The molecular formula is C8H15NO. The molecule has 1 aliphatic carbocycles. The van der Waals surface area contributed by atoms with E-state index in [0.29, 0.717) is 5.92 Å². The van der Waals surface area contributed by atoms with Gasteiger partial charge in [0.25, 0.3) is 0 Å². The van der Waals surface area contributed by atoms with Crippen molar-refractivity contribution in [2.24, 2.45) is 5.92 Å². The number of hydrogen-bond donors (Lipinski definition) is 1. The van der Waals surface area contributed by atoms with Gasteiger partial charge in [-0.05, 0) is 31.8 Å². The van der Waals surface area contributed by atoms with E-state index in [1.165, 1.54) is 13.0 Å². The summed E-state index contributed by atoms with van der Waals surface area (Å²) in [6.07, 6.45) is 2.27. The van der Waals surface area contributed by atoms with E-state index in [4.69, 9.17) is 0 Å². The van der Waals surface area contributed by atoms with E-state index in [9.17, 15) is 5.11 Å². The van der Waals surface area contributed by atoms with Gasteiger partial charge in [0, 0.05) is 6.54 Å². The van der Waals surface area contributed by atoms with Gasteiger partial charge in [0.1, 0.15) is 0 Å². The van der Waals surface area contributed by atoms with E-state index in [-0.39, 0.29) is 5.60 Å². The van der Waals surface area contributed by atoms with Crippen LogP contribution in [0, 0.1) is 5.92 Å². The third-order valence-corrected chi connectivity index (χ3v) is 2.94. The molecule has 0 radical (unpaired) electrons. The van der Waals surface area contributed by atoms with Crippen LogP contribution in [0.25, 0.3) is 0 Å². The Hall–Kier alpha value is -0.0800. The highest BCUT2D eigenvalue weighted by atomic mass is 16.3. The molecule has 0 spiro atoms. The van der Waals surface area contributed by atoms with Crippen LogP contribution >= 0.6 is 0 Å². The second-order valence-corrected chi connectivity index (χ2v) is 3.66. The van der Waals surface area contributed by atoms with E-state index in [2.05, 4.69) is 11.8 Å². The van der Waals surface area contributed by atoms with Gasteiger partial charge in [-0.2, -0.15) is 0 Å². The van der Waals surface area contributed by atoms with Crippen molar-refractivity contribution in [3.8, 4) is 0 Å². The van der Waals surface area contributed by atoms with Crippen LogP contribution < -0.4 is 0 Å². The van der Waals surface area contributed by atoms with Gasteiger partial charge in [-0.1, -0.05) is 6.92 Å². The molecule has 2 rings (SSSR count). The molecule has 0 aromatic rings. The van der Waals surface area contributed by atoms with Crippen LogP contribution in [0.15, 0.2) is 0 Å². The third kappa shape index (κ3) is 0.867. The predicted molar refractivity (Wildman–Crippen MR) is 39.8 cm³/mol. The van der Waals surface area contributed by atoms with Crippen molar-refractivity contribution in [3.05, 3.63) is 0 Å². The number of piperidine rings is 1. The average Bonchev–Trinajstić information content (AvgIpc) is 2.58. The SMILES string of the molecule is CCN1CC[C@@H]2C[C@]2(O)C1. The highest BCUT2D eigenvalue weighted by Gasteiger charge is 2.55. The number of fused-ring (bicyclic) bond motifs is 1. The first-order valence-corrected chi connectivity index (χ1v) is 4.19. The number of nitrogens with zero attached hydrogens (tertiary/aromatic N) is 1. The first-order valence-electron chi connectivity index (χ1n) is 4.19. The summed E-state index contributed by atoms with van der Waals surface area (Å²) in [7, 11) is 0. The minimum absolute atomic E-state index is 0.256. The van der Waals surface area contributed by atoms with Gasteiger partial charge in [0.05, 0.1) is 5.60 Å². The molecule has 1 aliphatic heterocycles. The van der Waals surface area contributed by atoms with Crippen LogP contribution in [0.4, 0.5) is 0 Å². The topological polar surface area (TPSA) is 23.5 Å². The fraction of sp³-hybridized carbons (Fsp3) is 1.00. The standard InChI is InChI=1S/C8H15NO/c1-2-9-4-3-7-5-8(7,10)6-9/h7,10H,2-6H2,1H3/t7-,8+/m1/s1. The lowest BCUT2D eigenvalue weighted by molar-refractivity contribution is 0.0529. The van der Waals surface area contributed by atoms with Crippen molar-refractivity contribution in [1.29, 1.82) is 0 Å². The number of likely N-dealkylation sites (N-methyl/N-ethyl adjacent to an activating group) is 1. The maximum atomic E-state index is 9.71. The van der Waals surface area contributed by atoms with Crippen LogP contribution in [-0.4, -0.2) is 35.2 Å². The predicted octanol–water partition coefficient (Wildman–Crippen LogP) is 0.463. The molecular weight excluding hydrogens is 126 g/mol. The van der Waals surface area contributed by atoms with E-state index >= 15 is 0 Å². The highest BCUT2D eigenvalue weighted by molar-refractivity contribution is 5.07. The maximum Gasteiger partial charge on any atom is 0.0807 e. The molecule has 10 heavy (non-hydrogen) atoms. The van der Waals surface area contributed by atoms with Crippen molar-refractivity contribution in [1.82, 2.24) is 4.90 Å². The molecule has 2 aliphatic rings. The van der Waals surface area contributed by atoms with Crippen molar-refractivity contribution in [2.45, 2.75) is 25.4 Å².